The first-order chi connectivity index (χ1) is 10.2. The molecule has 112 valence electrons. The number of nitrogens with zero attached hydrogens (tertiary/aromatic N) is 3. The van der Waals surface area contributed by atoms with E-state index in [1.54, 1.807) is 0 Å². The summed E-state index contributed by atoms with van der Waals surface area (Å²) in [5.74, 6) is 0.538. The Morgan fingerprint density at radius 3 is 2.90 bits per heavy atom. The summed E-state index contributed by atoms with van der Waals surface area (Å²) in [5, 5.41) is 13.3. The third-order valence-corrected chi connectivity index (χ3v) is 5.45. The molecular weight excluding hydrogens is 308 g/mol. The summed E-state index contributed by atoms with van der Waals surface area (Å²) < 4.78 is 3.99. The first kappa shape index (κ1) is 14.6. The van der Waals surface area contributed by atoms with Crippen LogP contribution < -0.4 is 5.32 Å². The summed E-state index contributed by atoms with van der Waals surface area (Å²) in [4.78, 5) is 14.3. The lowest BCUT2D eigenvalue weighted by atomic mass is 10.1. The minimum Gasteiger partial charge on any atom is -0.370 e. The van der Waals surface area contributed by atoms with Crippen LogP contribution in [0.2, 0.25) is 5.15 Å². The minimum atomic E-state index is 0.180. The van der Waals surface area contributed by atoms with Crippen molar-refractivity contribution in [3.05, 3.63) is 10.7 Å². The third-order valence-electron chi connectivity index (χ3n) is 4.30. The van der Waals surface area contributed by atoms with Crippen LogP contribution in [0.4, 0.5) is 5.00 Å². The summed E-state index contributed by atoms with van der Waals surface area (Å²) in [6.45, 7) is 1.50. The van der Waals surface area contributed by atoms with Gasteiger partial charge in [0.15, 0.2) is 5.15 Å². The first-order valence-electron chi connectivity index (χ1n) is 7.29. The fraction of sp³-hybridized carbons (Fsp3) is 0.643. The number of amides is 1. The van der Waals surface area contributed by atoms with Crippen LogP contribution in [0.1, 0.15) is 37.7 Å². The highest BCUT2D eigenvalue weighted by molar-refractivity contribution is 7.10. The molecular formula is C14H17ClN4OS. The molecule has 1 amide bonds. The van der Waals surface area contributed by atoms with Gasteiger partial charge in [0.05, 0.1) is 0 Å². The lowest BCUT2D eigenvalue weighted by Gasteiger charge is -2.20. The molecule has 1 aliphatic carbocycles. The van der Waals surface area contributed by atoms with Crippen molar-refractivity contribution in [1.29, 1.82) is 5.26 Å². The van der Waals surface area contributed by atoms with E-state index in [1.807, 2.05) is 4.90 Å². The van der Waals surface area contributed by atoms with Crippen molar-refractivity contribution < 1.29 is 4.79 Å². The molecule has 1 unspecified atom stereocenters. The third kappa shape index (κ3) is 2.99. The summed E-state index contributed by atoms with van der Waals surface area (Å²) in [6, 6.07) is 2.25. The zero-order valence-corrected chi connectivity index (χ0v) is 13.2. The van der Waals surface area contributed by atoms with Crippen LogP contribution in [0, 0.1) is 17.2 Å². The zero-order chi connectivity index (χ0) is 14.8. The second kappa shape index (κ2) is 6.20. The van der Waals surface area contributed by atoms with Crippen molar-refractivity contribution in [3.63, 3.8) is 0 Å². The zero-order valence-electron chi connectivity index (χ0n) is 11.6. The Balaban J connectivity index is 1.59. The van der Waals surface area contributed by atoms with Crippen LogP contribution in [0.25, 0.3) is 0 Å². The van der Waals surface area contributed by atoms with Gasteiger partial charge in [-0.15, -0.1) is 0 Å². The fourth-order valence-electron chi connectivity index (χ4n) is 3.16. The van der Waals surface area contributed by atoms with Gasteiger partial charge in [0.2, 0.25) is 5.91 Å². The molecule has 5 nitrogen and oxygen atoms in total. The van der Waals surface area contributed by atoms with Gasteiger partial charge in [-0.25, -0.2) is 0 Å². The van der Waals surface area contributed by atoms with Crippen molar-refractivity contribution in [3.8, 4) is 6.07 Å². The summed E-state index contributed by atoms with van der Waals surface area (Å²) >= 11 is 7.07. The van der Waals surface area contributed by atoms with Gasteiger partial charge in [-0.2, -0.15) is 9.64 Å². The molecule has 3 rings (SSSR count). The van der Waals surface area contributed by atoms with Crippen LogP contribution in [0.5, 0.6) is 0 Å². The van der Waals surface area contributed by atoms with Crippen molar-refractivity contribution in [2.75, 3.05) is 18.4 Å². The molecule has 2 aliphatic rings. The van der Waals surface area contributed by atoms with Crippen molar-refractivity contribution in [2.24, 2.45) is 5.92 Å². The highest BCUT2D eigenvalue weighted by Crippen LogP contribution is 2.31. The van der Waals surface area contributed by atoms with E-state index >= 15 is 0 Å². The van der Waals surface area contributed by atoms with E-state index in [2.05, 4.69) is 15.8 Å². The van der Waals surface area contributed by atoms with Crippen LogP contribution in [-0.2, 0) is 4.79 Å². The Kier molecular flexibility index (Phi) is 4.32. The number of halogens is 1. The number of carbonyl (C=O) groups excluding carboxylic acids is 1. The van der Waals surface area contributed by atoms with Gasteiger partial charge in [-0.1, -0.05) is 24.4 Å². The van der Waals surface area contributed by atoms with Crippen LogP contribution in [0.15, 0.2) is 0 Å². The van der Waals surface area contributed by atoms with E-state index in [1.165, 1.54) is 24.4 Å². The summed E-state index contributed by atoms with van der Waals surface area (Å²) in [7, 11) is 0. The summed E-state index contributed by atoms with van der Waals surface area (Å²) in [6.07, 6.45) is 5.33. The number of carbonyl (C=O) groups is 1. The van der Waals surface area contributed by atoms with Gasteiger partial charge in [0, 0.05) is 25.0 Å². The number of hydrogen-bond acceptors (Lipinski definition) is 5. The molecule has 1 saturated heterocycles. The Hall–Kier alpha value is -1.32. The predicted molar refractivity (Wildman–Crippen MR) is 82.4 cm³/mol. The molecule has 1 aromatic rings. The van der Waals surface area contributed by atoms with Gasteiger partial charge < -0.3 is 10.2 Å². The Bertz CT molecular complexity index is 576. The number of rotatable bonds is 3. The maximum Gasteiger partial charge on any atom is 0.225 e. The van der Waals surface area contributed by atoms with E-state index < -0.39 is 0 Å². The monoisotopic (exact) mass is 324 g/mol. The maximum atomic E-state index is 12.4. The molecule has 1 aromatic heterocycles. The van der Waals surface area contributed by atoms with Gasteiger partial charge in [-0.3, -0.25) is 4.79 Å². The van der Waals surface area contributed by atoms with E-state index in [0.717, 1.165) is 25.8 Å². The Labute approximate surface area is 133 Å². The highest BCUT2D eigenvalue weighted by Gasteiger charge is 2.32. The average molecular weight is 325 g/mol. The van der Waals surface area contributed by atoms with Gasteiger partial charge >= 0.3 is 0 Å². The minimum absolute atomic E-state index is 0.180. The number of anilines is 1. The molecule has 2 heterocycles. The maximum absolute atomic E-state index is 12.4. The quantitative estimate of drug-likeness (QED) is 0.928. The largest absolute Gasteiger partial charge is 0.370 e. The SMILES string of the molecule is N#Cc1c(Cl)nsc1NC1CCN(C(=O)C2CCCC2)C1. The van der Waals surface area contributed by atoms with Crippen molar-refractivity contribution >= 4 is 34.0 Å². The number of likely N-dealkylation sites (tertiary alicyclic amines) is 1. The van der Waals surface area contributed by atoms with Crippen LogP contribution in [-0.4, -0.2) is 34.3 Å². The predicted octanol–water partition coefficient (Wildman–Crippen LogP) is 2.87. The topological polar surface area (TPSA) is 69.0 Å². The van der Waals surface area contributed by atoms with Gasteiger partial charge in [0.25, 0.3) is 0 Å². The van der Waals surface area contributed by atoms with Crippen LogP contribution >= 0.6 is 23.1 Å². The molecule has 21 heavy (non-hydrogen) atoms. The molecule has 1 aliphatic heterocycles. The number of nitrogens with one attached hydrogen (secondary N) is 1. The Morgan fingerprint density at radius 1 is 1.43 bits per heavy atom. The number of nitriles is 1. The molecule has 1 atom stereocenters. The standard InChI is InChI=1S/C14H17ClN4OS/c15-12-11(7-16)13(21-18-12)17-10-5-6-19(8-10)14(20)9-3-1-2-4-9/h9-10,17H,1-6,8H2. The molecule has 2 fully saturated rings. The normalized spacial score (nSPS) is 22.5. The van der Waals surface area contributed by atoms with Crippen molar-refractivity contribution in [2.45, 2.75) is 38.1 Å². The number of hydrogen-bond donors (Lipinski definition) is 1. The second-order valence-electron chi connectivity index (χ2n) is 5.68. The highest BCUT2D eigenvalue weighted by atomic mass is 35.5. The summed E-state index contributed by atoms with van der Waals surface area (Å²) in [5.41, 5.74) is 0.405. The average Bonchev–Trinajstić information content (AvgIpc) is 3.20. The van der Waals surface area contributed by atoms with Gasteiger partial charge in [0.1, 0.15) is 16.6 Å². The molecule has 1 N–H and O–H groups in total. The van der Waals surface area contributed by atoms with Gasteiger partial charge in [-0.05, 0) is 30.8 Å². The van der Waals surface area contributed by atoms with E-state index in [9.17, 15) is 4.79 Å². The van der Waals surface area contributed by atoms with E-state index in [0.29, 0.717) is 23.0 Å². The number of aromatic nitrogens is 1. The molecule has 0 spiro atoms. The van der Waals surface area contributed by atoms with E-state index in [-0.39, 0.29) is 17.1 Å². The first-order valence-corrected chi connectivity index (χ1v) is 8.44. The molecule has 1 saturated carbocycles. The second-order valence-corrected chi connectivity index (χ2v) is 6.82. The fourth-order valence-corrected chi connectivity index (χ4v) is 4.17. The molecule has 7 heteroatoms. The van der Waals surface area contributed by atoms with Crippen LogP contribution in [0.3, 0.4) is 0 Å². The molecule has 0 aromatic carbocycles. The Morgan fingerprint density at radius 2 is 2.19 bits per heavy atom. The van der Waals surface area contributed by atoms with E-state index in [4.69, 9.17) is 16.9 Å². The van der Waals surface area contributed by atoms with Crippen molar-refractivity contribution in [1.82, 2.24) is 9.27 Å². The lowest BCUT2D eigenvalue weighted by molar-refractivity contribution is -0.134. The molecule has 0 bridgehead atoms. The lowest BCUT2D eigenvalue weighted by Crippen LogP contribution is -2.35. The smallest absolute Gasteiger partial charge is 0.225 e. The molecule has 0 radical (unpaired) electrons.